The van der Waals surface area contributed by atoms with Crippen molar-refractivity contribution in [1.29, 1.82) is 0 Å². The van der Waals surface area contributed by atoms with Crippen LogP contribution in [0.2, 0.25) is 0 Å². The van der Waals surface area contributed by atoms with Crippen LogP contribution in [0.15, 0.2) is 18.2 Å². The zero-order valence-corrected chi connectivity index (χ0v) is 10.4. The van der Waals surface area contributed by atoms with E-state index < -0.39 is 11.6 Å². The fraction of sp³-hybridized carbons (Fsp3) is 0.462. The second-order valence-corrected chi connectivity index (χ2v) is 4.43. The third-order valence-electron chi connectivity index (χ3n) is 2.90. The number of carbonyl (C=O) groups excluding carboxylic acids is 1. The van der Waals surface area contributed by atoms with Crippen molar-refractivity contribution in [3.8, 4) is 0 Å². The molecule has 0 fully saturated rings. The Kier molecular flexibility index (Phi) is 5.22. The van der Waals surface area contributed by atoms with Gasteiger partial charge in [0.15, 0.2) is 0 Å². The number of hydrogen-bond acceptors (Lipinski definition) is 2. The lowest BCUT2D eigenvalue weighted by molar-refractivity contribution is -0.121. The summed E-state index contributed by atoms with van der Waals surface area (Å²) in [6.45, 7) is 3.52. The molecule has 18 heavy (non-hydrogen) atoms. The molecule has 0 aromatic heterocycles. The molecule has 0 bridgehead atoms. The average molecular weight is 257 g/mol. The first kappa shape index (κ1) is 14.6. The summed E-state index contributed by atoms with van der Waals surface area (Å²) in [7, 11) is 0. The van der Waals surface area contributed by atoms with Crippen molar-refractivity contribution >= 4 is 5.91 Å². The van der Waals surface area contributed by atoms with Gasteiger partial charge in [0.05, 0.1) is 6.42 Å². The van der Waals surface area contributed by atoms with Gasteiger partial charge in [-0.3, -0.25) is 4.79 Å². The molecule has 1 amide bonds. The molecule has 1 aromatic rings. The van der Waals surface area contributed by atoms with E-state index in [1.807, 2.05) is 0 Å². The predicted octanol–water partition coefficient (Wildman–Crippen LogP) is 1.64. The van der Waals surface area contributed by atoms with E-state index in [1.54, 1.807) is 13.8 Å². The Balaban J connectivity index is 2.59. The Bertz CT molecular complexity index is 423. The molecule has 0 spiro atoms. The lowest BCUT2D eigenvalue weighted by Gasteiger charge is -2.19. The molecular weight excluding hydrogens is 240 g/mol. The lowest BCUT2D eigenvalue weighted by Crippen LogP contribution is -2.39. The number of carbonyl (C=O) groups is 1. The van der Waals surface area contributed by atoms with Crippen LogP contribution in [-0.2, 0) is 11.2 Å². The highest BCUT2D eigenvalue weighted by atomic mass is 19.1. The fourth-order valence-corrected chi connectivity index (χ4v) is 1.44. The van der Waals surface area contributed by atoms with Crippen molar-refractivity contribution in [3.63, 3.8) is 0 Å². The number of aliphatic hydroxyl groups excluding tert-OH is 1. The van der Waals surface area contributed by atoms with Gasteiger partial charge >= 0.3 is 0 Å². The van der Waals surface area contributed by atoms with Gasteiger partial charge in [0.1, 0.15) is 11.6 Å². The summed E-state index contributed by atoms with van der Waals surface area (Å²) in [5.74, 6) is -1.83. The number of hydrogen-bond donors (Lipinski definition) is 2. The Morgan fingerprint density at radius 2 is 2.06 bits per heavy atom. The summed E-state index contributed by atoms with van der Waals surface area (Å²) in [6.07, 6.45) is -0.144. The van der Waals surface area contributed by atoms with Crippen molar-refractivity contribution in [2.75, 3.05) is 6.61 Å². The minimum atomic E-state index is -0.729. The Morgan fingerprint density at radius 3 is 2.61 bits per heavy atom. The number of halogens is 2. The monoisotopic (exact) mass is 257 g/mol. The Hall–Kier alpha value is -1.49. The van der Waals surface area contributed by atoms with Crippen LogP contribution in [0.5, 0.6) is 0 Å². The number of benzene rings is 1. The molecular formula is C13H17F2NO2. The van der Waals surface area contributed by atoms with Gasteiger partial charge in [-0.15, -0.1) is 0 Å². The van der Waals surface area contributed by atoms with E-state index in [0.29, 0.717) is 0 Å². The summed E-state index contributed by atoms with van der Waals surface area (Å²) in [4.78, 5) is 11.6. The van der Waals surface area contributed by atoms with Gasteiger partial charge in [0, 0.05) is 18.7 Å². The molecule has 2 N–H and O–H groups in total. The number of aliphatic hydroxyl groups is 1. The van der Waals surface area contributed by atoms with Crippen LogP contribution in [0.1, 0.15) is 19.4 Å². The first-order valence-corrected chi connectivity index (χ1v) is 5.78. The second-order valence-electron chi connectivity index (χ2n) is 4.43. The molecule has 5 heteroatoms. The molecule has 1 aromatic carbocycles. The van der Waals surface area contributed by atoms with Gasteiger partial charge in [0.25, 0.3) is 0 Å². The molecule has 0 radical (unpaired) electrons. The van der Waals surface area contributed by atoms with Gasteiger partial charge in [0.2, 0.25) is 5.91 Å². The van der Waals surface area contributed by atoms with Gasteiger partial charge in [-0.25, -0.2) is 8.78 Å². The van der Waals surface area contributed by atoms with E-state index in [2.05, 4.69) is 5.32 Å². The quantitative estimate of drug-likeness (QED) is 0.842. The van der Waals surface area contributed by atoms with Crippen molar-refractivity contribution in [1.82, 2.24) is 5.32 Å². The molecule has 0 aliphatic carbocycles. The highest BCUT2D eigenvalue weighted by Crippen LogP contribution is 2.10. The topological polar surface area (TPSA) is 49.3 Å². The normalized spacial score (nSPS) is 14.1. The molecule has 2 atom stereocenters. The molecule has 1 rings (SSSR count). The van der Waals surface area contributed by atoms with Crippen molar-refractivity contribution in [2.45, 2.75) is 26.3 Å². The molecule has 0 aliphatic rings. The zero-order valence-electron chi connectivity index (χ0n) is 10.4. The Morgan fingerprint density at radius 1 is 1.39 bits per heavy atom. The maximum atomic E-state index is 13.3. The highest BCUT2D eigenvalue weighted by Gasteiger charge is 2.15. The SMILES string of the molecule is CC(CO)C(C)NC(=O)Cc1ccc(F)cc1F. The lowest BCUT2D eigenvalue weighted by atomic mass is 10.0. The van der Waals surface area contributed by atoms with E-state index >= 15 is 0 Å². The smallest absolute Gasteiger partial charge is 0.224 e. The van der Waals surface area contributed by atoms with Crippen LogP contribution < -0.4 is 5.32 Å². The van der Waals surface area contributed by atoms with Crippen molar-refractivity contribution in [2.24, 2.45) is 5.92 Å². The summed E-state index contributed by atoms with van der Waals surface area (Å²) in [5.41, 5.74) is 0.151. The highest BCUT2D eigenvalue weighted by molar-refractivity contribution is 5.78. The fourth-order valence-electron chi connectivity index (χ4n) is 1.44. The largest absolute Gasteiger partial charge is 0.396 e. The molecule has 0 saturated carbocycles. The summed E-state index contributed by atoms with van der Waals surface area (Å²) in [6, 6.07) is 2.92. The van der Waals surface area contributed by atoms with Crippen molar-refractivity contribution in [3.05, 3.63) is 35.4 Å². The molecule has 3 nitrogen and oxygen atoms in total. The van der Waals surface area contributed by atoms with Crippen LogP contribution in [0, 0.1) is 17.6 Å². The van der Waals surface area contributed by atoms with Crippen molar-refractivity contribution < 1.29 is 18.7 Å². The van der Waals surface area contributed by atoms with E-state index in [1.165, 1.54) is 6.07 Å². The van der Waals surface area contributed by atoms with Gasteiger partial charge < -0.3 is 10.4 Å². The molecule has 0 heterocycles. The first-order valence-electron chi connectivity index (χ1n) is 5.78. The summed E-state index contributed by atoms with van der Waals surface area (Å²) >= 11 is 0. The van der Waals surface area contributed by atoms with E-state index in [-0.39, 0.29) is 36.5 Å². The van der Waals surface area contributed by atoms with E-state index in [9.17, 15) is 13.6 Å². The van der Waals surface area contributed by atoms with Gasteiger partial charge in [-0.1, -0.05) is 13.0 Å². The van der Waals surface area contributed by atoms with Gasteiger partial charge in [-0.05, 0) is 24.5 Å². The molecule has 100 valence electrons. The summed E-state index contributed by atoms with van der Waals surface area (Å²) < 4.78 is 26.0. The predicted molar refractivity (Wildman–Crippen MR) is 63.9 cm³/mol. The third-order valence-corrected chi connectivity index (χ3v) is 2.90. The Labute approximate surface area is 105 Å². The number of rotatable bonds is 5. The standard InChI is InChI=1S/C13H17F2NO2/c1-8(7-17)9(2)16-13(18)5-10-3-4-11(14)6-12(10)15/h3-4,6,8-9,17H,5,7H2,1-2H3,(H,16,18). The van der Waals surface area contributed by atoms with Crippen LogP contribution >= 0.6 is 0 Å². The maximum absolute atomic E-state index is 13.3. The third kappa shape index (κ3) is 4.07. The average Bonchev–Trinajstić information content (AvgIpc) is 2.31. The minimum Gasteiger partial charge on any atom is -0.396 e. The zero-order chi connectivity index (χ0) is 13.7. The molecule has 0 aliphatic heterocycles. The second kappa shape index (κ2) is 6.44. The molecule has 2 unspecified atom stereocenters. The van der Waals surface area contributed by atoms with Crippen LogP contribution in [0.25, 0.3) is 0 Å². The summed E-state index contributed by atoms with van der Waals surface area (Å²) in [5, 5.41) is 11.6. The molecule has 0 saturated heterocycles. The number of nitrogens with one attached hydrogen (secondary N) is 1. The van der Waals surface area contributed by atoms with E-state index in [0.717, 1.165) is 12.1 Å². The minimum absolute atomic E-state index is 0.0354. The number of amides is 1. The van der Waals surface area contributed by atoms with Crippen LogP contribution in [0.4, 0.5) is 8.78 Å². The first-order chi connectivity index (χ1) is 8.43. The van der Waals surface area contributed by atoms with Crippen LogP contribution in [0.3, 0.4) is 0 Å². The maximum Gasteiger partial charge on any atom is 0.224 e. The van der Waals surface area contributed by atoms with E-state index in [4.69, 9.17) is 5.11 Å². The van der Waals surface area contributed by atoms with Gasteiger partial charge in [-0.2, -0.15) is 0 Å². The van der Waals surface area contributed by atoms with Crippen LogP contribution in [-0.4, -0.2) is 23.7 Å².